The number of hydrogen-bond acceptors (Lipinski definition) is 5. The van der Waals surface area contributed by atoms with E-state index in [1.165, 1.54) is 29.6 Å². The van der Waals surface area contributed by atoms with Gasteiger partial charge in [0.05, 0.1) is 24.2 Å². The molecule has 162 valence electrons. The lowest BCUT2D eigenvalue weighted by atomic mass is 10.1. The van der Waals surface area contributed by atoms with E-state index in [1.54, 1.807) is 0 Å². The van der Waals surface area contributed by atoms with Crippen LogP contribution in [0, 0.1) is 0 Å². The van der Waals surface area contributed by atoms with Crippen LogP contribution in [0.15, 0.2) is 47.4 Å². The monoisotopic (exact) mass is 432 g/mol. The van der Waals surface area contributed by atoms with Gasteiger partial charge in [0.25, 0.3) is 5.91 Å². The number of sulfonamides is 1. The number of methoxy groups -OCH3 is 1. The number of ether oxygens (including phenoxy) is 2. The zero-order valence-corrected chi connectivity index (χ0v) is 18.2. The molecule has 0 atom stereocenters. The van der Waals surface area contributed by atoms with Crippen molar-refractivity contribution in [1.82, 2.24) is 9.62 Å². The van der Waals surface area contributed by atoms with Gasteiger partial charge in [-0.3, -0.25) is 4.79 Å². The third-order valence-corrected chi connectivity index (χ3v) is 6.95. The smallest absolute Gasteiger partial charge is 0.255 e. The van der Waals surface area contributed by atoms with Crippen LogP contribution in [0.4, 0.5) is 0 Å². The van der Waals surface area contributed by atoms with Gasteiger partial charge < -0.3 is 14.8 Å². The van der Waals surface area contributed by atoms with Crippen molar-refractivity contribution in [3.8, 4) is 11.5 Å². The van der Waals surface area contributed by atoms with Crippen molar-refractivity contribution in [2.75, 3.05) is 26.8 Å². The van der Waals surface area contributed by atoms with Crippen LogP contribution >= 0.6 is 0 Å². The quantitative estimate of drug-likeness (QED) is 0.692. The molecule has 1 amide bonds. The second-order valence-electron chi connectivity index (χ2n) is 7.09. The molecule has 0 radical (unpaired) electrons. The van der Waals surface area contributed by atoms with E-state index in [9.17, 15) is 13.2 Å². The first kappa shape index (κ1) is 22.1. The highest BCUT2D eigenvalue weighted by molar-refractivity contribution is 7.89. The summed E-state index contributed by atoms with van der Waals surface area (Å²) in [7, 11) is -2.18. The fraction of sp³-hybridized carbons (Fsp3) is 0.409. The minimum atomic E-state index is -3.64. The Bertz CT molecular complexity index is 968. The van der Waals surface area contributed by atoms with Crippen molar-refractivity contribution in [3.63, 3.8) is 0 Å². The van der Waals surface area contributed by atoms with Crippen LogP contribution in [0.3, 0.4) is 0 Å². The minimum absolute atomic E-state index is 0.108. The number of hydrogen-bond donors (Lipinski definition) is 1. The highest BCUT2D eigenvalue weighted by Gasteiger charge is 2.27. The molecule has 0 saturated carbocycles. The van der Waals surface area contributed by atoms with Crippen molar-refractivity contribution in [3.05, 3.63) is 53.6 Å². The standard InChI is InChI=1S/C22H28N2O5S/c1-3-29-18-9-7-17(8-10-18)16-23-22(25)20-15-19(11-12-21(20)28-2)30(26,27)24-13-5-4-6-14-24/h7-12,15H,3-6,13-14,16H2,1-2H3,(H,23,25). The van der Waals surface area contributed by atoms with Crippen molar-refractivity contribution < 1.29 is 22.7 Å². The Hall–Kier alpha value is -2.58. The summed E-state index contributed by atoms with van der Waals surface area (Å²) in [4.78, 5) is 12.9. The maximum Gasteiger partial charge on any atom is 0.255 e. The predicted molar refractivity (Wildman–Crippen MR) is 114 cm³/mol. The van der Waals surface area contributed by atoms with Gasteiger partial charge in [-0.25, -0.2) is 8.42 Å². The Morgan fingerprint density at radius 2 is 1.77 bits per heavy atom. The second-order valence-corrected chi connectivity index (χ2v) is 9.02. The molecule has 2 aromatic rings. The molecule has 1 fully saturated rings. The van der Waals surface area contributed by atoms with Crippen LogP contribution in [0.25, 0.3) is 0 Å². The van der Waals surface area contributed by atoms with Gasteiger partial charge in [-0.05, 0) is 55.7 Å². The fourth-order valence-corrected chi connectivity index (χ4v) is 4.97. The lowest BCUT2D eigenvalue weighted by Gasteiger charge is -2.26. The van der Waals surface area contributed by atoms with Gasteiger partial charge in [-0.2, -0.15) is 4.31 Å². The number of carbonyl (C=O) groups is 1. The molecule has 0 bridgehead atoms. The maximum absolute atomic E-state index is 13.0. The third kappa shape index (κ3) is 5.12. The van der Waals surface area contributed by atoms with E-state index in [0.29, 0.717) is 32.0 Å². The summed E-state index contributed by atoms with van der Waals surface area (Å²) in [6.07, 6.45) is 2.74. The molecule has 0 aromatic heterocycles. The molecule has 0 spiro atoms. The molecule has 1 heterocycles. The van der Waals surface area contributed by atoms with Crippen LogP contribution in [0.1, 0.15) is 42.1 Å². The number of nitrogens with zero attached hydrogens (tertiary/aromatic N) is 1. The maximum atomic E-state index is 13.0. The summed E-state index contributed by atoms with van der Waals surface area (Å²) in [5.74, 6) is 0.707. The number of carbonyl (C=O) groups excluding carboxylic acids is 1. The van der Waals surface area contributed by atoms with E-state index in [1.807, 2.05) is 31.2 Å². The summed E-state index contributed by atoms with van der Waals surface area (Å²) in [5, 5.41) is 2.83. The number of benzene rings is 2. The first-order valence-corrected chi connectivity index (χ1v) is 11.6. The topological polar surface area (TPSA) is 84.9 Å². The lowest BCUT2D eigenvalue weighted by Crippen LogP contribution is -2.35. The molecule has 1 N–H and O–H groups in total. The normalized spacial score (nSPS) is 14.9. The Kier molecular flexibility index (Phi) is 7.33. The summed E-state index contributed by atoms with van der Waals surface area (Å²) >= 11 is 0. The molecule has 1 aliphatic rings. The van der Waals surface area contributed by atoms with E-state index in [4.69, 9.17) is 9.47 Å². The van der Waals surface area contributed by atoms with Gasteiger partial charge in [0.1, 0.15) is 11.5 Å². The molecule has 7 nitrogen and oxygen atoms in total. The molecule has 1 saturated heterocycles. The molecule has 3 rings (SSSR count). The Balaban J connectivity index is 1.76. The number of piperidine rings is 1. The minimum Gasteiger partial charge on any atom is -0.496 e. The van der Waals surface area contributed by atoms with Crippen molar-refractivity contribution in [2.24, 2.45) is 0 Å². The molecule has 0 aliphatic carbocycles. The first-order valence-electron chi connectivity index (χ1n) is 10.1. The van der Waals surface area contributed by atoms with E-state index >= 15 is 0 Å². The van der Waals surface area contributed by atoms with Crippen molar-refractivity contribution in [2.45, 2.75) is 37.6 Å². The average Bonchev–Trinajstić information content (AvgIpc) is 2.78. The van der Waals surface area contributed by atoms with Gasteiger partial charge in [0.2, 0.25) is 10.0 Å². The number of amides is 1. The predicted octanol–water partition coefficient (Wildman–Crippen LogP) is 3.20. The summed E-state index contributed by atoms with van der Waals surface area (Å²) < 4.78 is 38.1. The molecule has 8 heteroatoms. The van der Waals surface area contributed by atoms with E-state index in [2.05, 4.69) is 5.32 Å². The van der Waals surface area contributed by atoms with E-state index < -0.39 is 15.9 Å². The lowest BCUT2D eigenvalue weighted by molar-refractivity contribution is 0.0947. The molecule has 2 aromatic carbocycles. The van der Waals surface area contributed by atoms with Crippen LogP contribution < -0.4 is 14.8 Å². The first-order chi connectivity index (χ1) is 14.5. The molecule has 30 heavy (non-hydrogen) atoms. The van der Waals surface area contributed by atoms with Gasteiger partial charge in [-0.1, -0.05) is 18.6 Å². The van der Waals surface area contributed by atoms with Gasteiger partial charge >= 0.3 is 0 Å². The summed E-state index contributed by atoms with van der Waals surface area (Å²) in [5.41, 5.74) is 1.10. The largest absolute Gasteiger partial charge is 0.496 e. The number of rotatable bonds is 8. The zero-order valence-electron chi connectivity index (χ0n) is 17.4. The average molecular weight is 433 g/mol. The Morgan fingerprint density at radius 3 is 2.40 bits per heavy atom. The highest BCUT2D eigenvalue weighted by Crippen LogP contribution is 2.26. The molecular formula is C22H28N2O5S. The zero-order chi connectivity index (χ0) is 21.6. The van der Waals surface area contributed by atoms with Crippen LogP contribution in [0.5, 0.6) is 11.5 Å². The van der Waals surface area contributed by atoms with Gasteiger partial charge in [0.15, 0.2) is 0 Å². The SMILES string of the molecule is CCOc1ccc(CNC(=O)c2cc(S(=O)(=O)N3CCCCC3)ccc2OC)cc1. The van der Waals surface area contributed by atoms with Gasteiger partial charge in [-0.15, -0.1) is 0 Å². The number of nitrogens with one attached hydrogen (secondary N) is 1. The van der Waals surface area contributed by atoms with E-state index in [-0.39, 0.29) is 10.5 Å². The Morgan fingerprint density at radius 1 is 1.07 bits per heavy atom. The van der Waals surface area contributed by atoms with E-state index in [0.717, 1.165) is 30.6 Å². The fourth-order valence-electron chi connectivity index (χ4n) is 3.43. The Labute approximate surface area is 178 Å². The summed E-state index contributed by atoms with van der Waals surface area (Å²) in [6.45, 7) is 3.83. The van der Waals surface area contributed by atoms with Crippen LogP contribution in [-0.2, 0) is 16.6 Å². The highest BCUT2D eigenvalue weighted by atomic mass is 32.2. The van der Waals surface area contributed by atoms with Crippen molar-refractivity contribution in [1.29, 1.82) is 0 Å². The van der Waals surface area contributed by atoms with Crippen molar-refractivity contribution >= 4 is 15.9 Å². The molecule has 1 aliphatic heterocycles. The van der Waals surface area contributed by atoms with Crippen LogP contribution in [0.2, 0.25) is 0 Å². The molecule has 0 unspecified atom stereocenters. The third-order valence-electron chi connectivity index (χ3n) is 5.06. The molecular weight excluding hydrogens is 404 g/mol. The van der Waals surface area contributed by atoms with Gasteiger partial charge in [0, 0.05) is 19.6 Å². The van der Waals surface area contributed by atoms with Crippen LogP contribution in [-0.4, -0.2) is 45.4 Å². The summed E-state index contributed by atoms with van der Waals surface area (Å²) in [6, 6.07) is 11.9. The second kappa shape index (κ2) is 9.95.